The number of rotatable bonds is 5. The molecule has 0 bridgehead atoms. The molecule has 0 saturated heterocycles. The van der Waals surface area contributed by atoms with Gasteiger partial charge in [0.2, 0.25) is 5.91 Å². The van der Waals surface area contributed by atoms with E-state index >= 15 is 0 Å². The normalized spacial score (nSPS) is 12.0. The SMILES string of the molecule is CCNC(=NCc1ccc(C)cc1C)NCC(=O)NC(C)(C)C. The van der Waals surface area contributed by atoms with Crippen LogP contribution in [0.1, 0.15) is 44.4 Å². The number of guanidine groups is 1. The van der Waals surface area contributed by atoms with Gasteiger partial charge in [-0.3, -0.25) is 4.79 Å². The van der Waals surface area contributed by atoms with Crippen molar-refractivity contribution in [3.63, 3.8) is 0 Å². The van der Waals surface area contributed by atoms with Crippen molar-refractivity contribution in [2.45, 2.75) is 53.6 Å². The highest BCUT2D eigenvalue weighted by atomic mass is 16.2. The molecule has 0 heterocycles. The third-order valence-corrected chi connectivity index (χ3v) is 3.18. The Morgan fingerprint density at radius 1 is 1.17 bits per heavy atom. The number of aryl methyl sites for hydroxylation is 2. The molecular formula is C18H30N4O. The second-order valence-electron chi connectivity index (χ2n) is 6.78. The van der Waals surface area contributed by atoms with Gasteiger partial charge in [0.1, 0.15) is 0 Å². The van der Waals surface area contributed by atoms with Crippen LogP contribution in [0.15, 0.2) is 23.2 Å². The molecule has 1 aromatic carbocycles. The van der Waals surface area contributed by atoms with E-state index in [1.165, 1.54) is 16.7 Å². The monoisotopic (exact) mass is 318 g/mol. The molecule has 1 aromatic rings. The summed E-state index contributed by atoms with van der Waals surface area (Å²) in [6, 6.07) is 6.35. The predicted octanol–water partition coefficient (Wildman–Crippen LogP) is 2.27. The van der Waals surface area contributed by atoms with E-state index < -0.39 is 0 Å². The molecule has 5 nitrogen and oxygen atoms in total. The Balaban J connectivity index is 2.64. The molecule has 0 saturated carbocycles. The van der Waals surface area contributed by atoms with Crippen molar-refractivity contribution >= 4 is 11.9 Å². The Bertz CT molecular complexity index is 559. The van der Waals surface area contributed by atoms with Crippen LogP contribution in [0.3, 0.4) is 0 Å². The zero-order valence-electron chi connectivity index (χ0n) is 15.2. The first-order valence-corrected chi connectivity index (χ1v) is 8.10. The molecule has 0 aliphatic rings. The highest BCUT2D eigenvalue weighted by Gasteiger charge is 2.13. The molecule has 128 valence electrons. The second kappa shape index (κ2) is 8.56. The van der Waals surface area contributed by atoms with Crippen molar-refractivity contribution in [3.05, 3.63) is 34.9 Å². The number of carbonyl (C=O) groups is 1. The van der Waals surface area contributed by atoms with Crippen molar-refractivity contribution in [2.75, 3.05) is 13.1 Å². The fourth-order valence-corrected chi connectivity index (χ4v) is 2.16. The van der Waals surface area contributed by atoms with Gasteiger partial charge in [-0.1, -0.05) is 23.8 Å². The van der Waals surface area contributed by atoms with Gasteiger partial charge in [-0.25, -0.2) is 4.99 Å². The lowest BCUT2D eigenvalue weighted by atomic mass is 10.1. The Morgan fingerprint density at radius 3 is 2.43 bits per heavy atom. The summed E-state index contributed by atoms with van der Waals surface area (Å²) in [7, 11) is 0. The summed E-state index contributed by atoms with van der Waals surface area (Å²) in [6.07, 6.45) is 0. The molecule has 0 fully saturated rings. The van der Waals surface area contributed by atoms with Gasteiger partial charge in [0, 0.05) is 12.1 Å². The number of carbonyl (C=O) groups excluding carboxylic acids is 1. The Morgan fingerprint density at radius 2 is 1.87 bits per heavy atom. The van der Waals surface area contributed by atoms with Gasteiger partial charge in [-0.15, -0.1) is 0 Å². The third-order valence-electron chi connectivity index (χ3n) is 3.18. The summed E-state index contributed by atoms with van der Waals surface area (Å²) in [5.74, 6) is 0.603. The smallest absolute Gasteiger partial charge is 0.239 e. The number of nitrogens with one attached hydrogen (secondary N) is 3. The predicted molar refractivity (Wildman–Crippen MR) is 96.6 cm³/mol. The molecule has 0 radical (unpaired) electrons. The lowest BCUT2D eigenvalue weighted by Gasteiger charge is -2.21. The molecule has 23 heavy (non-hydrogen) atoms. The molecule has 0 aromatic heterocycles. The highest BCUT2D eigenvalue weighted by Crippen LogP contribution is 2.11. The van der Waals surface area contributed by atoms with E-state index in [1.54, 1.807) is 0 Å². The first kappa shape index (κ1) is 19.0. The van der Waals surface area contributed by atoms with Gasteiger partial charge in [0.25, 0.3) is 0 Å². The first-order chi connectivity index (χ1) is 10.7. The summed E-state index contributed by atoms with van der Waals surface area (Å²) in [5, 5.41) is 9.15. The van der Waals surface area contributed by atoms with E-state index in [2.05, 4.69) is 53.0 Å². The maximum atomic E-state index is 11.9. The third kappa shape index (κ3) is 7.68. The maximum absolute atomic E-state index is 11.9. The quantitative estimate of drug-likeness (QED) is 0.576. The number of hydrogen-bond donors (Lipinski definition) is 3. The minimum atomic E-state index is -0.229. The molecule has 3 N–H and O–H groups in total. The number of aliphatic imine (C=N–C) groups is 1. The molecule has 0 unspecified atom stereocenters. The molecule has 0 spiro atoms. The van der Waals surface area contributed by atoms with Crippen LogP contribution in [0, 0.1) is 13.8 Å². The van der Waals surface area contributed by atoms with Gasteiger partial charge in [0.05, 0.1) is 13.1 Å². The van der Waals surface area contributed by atoms with E-state index in [1.807, 2.05) is 27.7 Å². The Hall–Kier alpha value is -2.04. The Kier molecular flexibility index (Phi) is 7.07. The first-order valence-electron chi connectivity index (χ1n) is 8.10. The summed E-state index contributed by atoms with van der Waals surface area (Å²) < 4.78 is 0. The highest BCUT2D eigenvalue weighted by molar-refractivity contribution is 5.86. The average molecular weight is 318 g/mol. The summed E-state index contributed by atoms with van der Waals surface area (Å²) in [6.45, 7) is 13.6. The molecular weight excluding hydrogens is 288 g/mol. The van der Waals surface area contributed by atoms with Gasteiger partial charge < -0.3 is 16.0 Å². The van der Waals surface area contributed by atoms with E-state index in [0.717, 1.165) is 6.54 Å². The largest absolute Gasteiger partial charge is 0.357 e. The molecule has 0 aliphatic carbocycles. The lowest BCUT2D eigenvalue weighted by molar-refractivity contribution is -0.121. The van der Waals surface area contributed by atoms with Crippen molar-refractivity contribution in [1.82, 2.24) is 16.0 Å². The summed E-state index contributed by atoms with van der Waals surface area (Å²) >= 11 is 0. The van der Waals surface area contributed by atoms with Crippen LogP contribution < -0.4 is 16.0 Å². The van der Waals surface area contributed by atoms with Crippen LogP contribution in [0.25, 0.3) is 0 Å². The van der Waals surface area contributed by atoms with Gasteiger partial charge in [-0.05, 0) is 52.7 Å². The van der Waals surface area contributed by atoms with Crippen molar-refractivity contribution in [2.24, 2.45) is 4.99 Å². The summed E-state index contributed by atoms with van der Waals surface area (Å²) in [4.78, 5) is 16.4. The number of amides is 1. The van der Waals surface area contributed by atoms with Crippen molar-refractivity contribution in [1.29, 1.82) is 0 Å². The molecule has 1 amide bonds. The van der Waals surface area contributed by atoms with E-state index in [-0.39, 0.29) is 18.0 Å². The van der Waals surface area contributed by atoms with Crippen LogP contribution in [0.4, 0.5) is 0 Å². The Labute approximate surface area is 140 Å². The number of hydrogen-bond acceptors (Lipinski definition) is 2. The topological polar surface area (TPSA) is 65.5 Å². The number of benzene rings is 1. The van der Waals surface area contributed by atoms with E-state index in [0.29, 0.717) is 12.5 Å². The molecule has 5 heteroatoms. The fourth-order valence-electron chi connectivity index (χ4n) is 2.16. The minimum absolute atomic E-state index is 0.0466. The van der Waals surface area contributed by atoms with Gasteiger partial charge in [-0.2, -0.15) is 0 Å². The average Bonchev–Trinajstić information content (AvgIpc) is 2.41. The van der Waals surface area contributed by atoms with Crippen LogP contribution in [-0.2, 0) is 11.3 Å². The molecule has 0 atom stereocenters. The van der Waals surface area contributed by atoms with Gasteiger partial charge in [0.15, 0.2) is 5.96 Å². The van der Waals surface area contributed by atoms with Crippen molar-refractivity contribution < 1.29 is 4.79 Å². The maximum Gasteiger partial charge on any atom is 0.239 e. The molecule has 0 aliphatic heterocycles. The van der Waals surface area contributed by atoms with Crippen LogP contribution >= 0.6 is 0 Å². The van der Waals surface area contributed by atoms with Crippen LogP contribution in [-0.4, -0.2) is 30.5 Å². The standard InChI is InChI=1S/C18H30N4O/c1-7-19-17(21-12-16(23)22-18(4,5)6)20-11-15-9-8-13(2)10-14(15)3/h8-10H,7,11-12H2,1-6H3,(H,22,23)(H2,19,20,21). The zero-order chi connectivity index (χ0) is 17.5. The van der Waals surface area contributed by atoms with Crippen LogP contribution in [0.5, 0.6) is 0 Å². The second-order valence-corrected chi connectivity index (χ2v) is 6.78. The van der Waals surface area contributed by atoms with E-state index in [4.69, 9.17) is 0 Å². The number of nitrogens with zero attached hydrogens (tertiary/aromatic N) is 1. The minimum Gasteiger partial charge on any atom is -0.357 e. The lowest BCUT2D eigenvalue weighted by Crippen LogP contribution is -2.48. The van der Waals surface area contributed by atoms with Crippen molar-refractivity contribution in [3.8, 4) is 0 Å². The van der Waals surface area contributed by atoms with Crippen LogP contribution in [0.2, 0.25) is 0 Å². The molecule has 1 rings (SSSR count). The zero-order valence-corrected chi connectivity index (χ0v) is 15.2. The van der Waals surface area contributed by atoms with E-state index in [9.17, 15) is 4.79 Å². The summed E-state index contributed by atoms with van der Waals surface area (Å²) in [5.41, 5.74) is 3.44. The fraction of sp³-hybridized carbons (Fsp3) is 0.556. The van der Waals surface area contributed by atoms with Gasteiger partial charge >= 0.3 is 0 Å².